The van der Waals surface area contributed by atoms with Gasteiger partial charge >= 0.3 is 12.1 Å². The van der Waals surface area contributed by atoms with Gasteiger partial charge in [0.1, 0.15) is 12.4 Å². The van der Waals surface area contributed by atoms with Crippen molar-refractivity contribution in [3.8, 4) is 0 Å². The zero-order valence-electron chi connectivity index (χ0n) is 21.3. The van der Waals surface area contributed by atoms with Gasteiger partial charge in [0.2, 0.25) is 5.91 Å². The second-order valence-corrected chi connectivity index (χ2v) is 10.2. The molecule has 2 heterocycles. The third kappa shape index (κ3) is 5.02. The maximum Gasteiger partial charge on any atom is 0.411 e. The summed E-state index contributed by atoms with van der Waals surface area (Å²) in [6, 6.07) is 5.62. The quantitative estimate of drug-likeness (QED) is 0.521. The van der Waals surface area contributed by atoms with Gasteiger partial charge in [-0.1, -0.05) is 18.2 Å². The fourth-order valence-electron chi connectivity index (χ4n) is 5.88. The Labute approximate surface area is 220 Å². The Balaban J connectivity index is 1.31. The highest BCUT2D eigenvalue weighted by molar-refractivity contribution is 6.03. The van der Waals surface area contributed by atoms with Crippen LogP contribution in [0.25, 0.3) is 0 Å². The topological polar surface area (TPSA) is 120 Å². The summed E-state index contributed by atoms with van der Waals surface area (Å²) >= 11 is 0. The predicted octanol–water partition coefficient (Wildman–Crippen LogP) is 1.83. The average molecular weight is 526 g/mol. The lowest BCUT2D eigenvalue weighted by atomic mass is 9.85. The summed E-state index contributed by atoms with van der Waals surface area (Å²) in [6.07, 6.45) is 5.22. The minimum atomic E-state index is -0.969. The first kappa shape index (κ1) is 25.9. The highest BCUT2D eigenvalue weighted by Crippen LogP contribution is 2.48. The van der Waals surface area contributed by atoms with Gasteiger partial charge < -0.3 is 25.6 Å². The molecule has 4 aliphatic rings. The maximum absolute atomic E-state index is 13.6. The van der Waals surface area contributed by atoms with E-state index in [9.17, 15) is 23.6 Å². The number of ether oxygens (including phenoxy) is 1. The van der Waals surface area contributed by atoms with Crippen LogP contribution in [0.5, 0.6) is 0 Å². The van der Waals surface area contributed by atoms with Crippen LogP contribution in [0.1, 0.15) is 31.2 Å². The Morgan fingerprint density at radius 2 is 1.89 bits per heavy atom. The third-order valence-electron chi connectivity index (χ3n) is 7.87. The molecule has 5 rings (SSSR count). The van der Waals surface area contributed by atoms with Crippen molar-refractivity contribution in [3.63, 3.8) is 0 Å². The first-order valence-corrected chi connectivity index (χ1v) is 13.0. The normalized spacial score (nSPS) is 25.0. The van der Waals surface area contributed by atoms with Crippen LogP contribution in [-0.4, -0.2) is 78.5 Å². The van der Waals surface area contributed by atoms with Crippen LogP contribution in [0.3, 0.4) is 0 Å². The van der Waals surface area contributed by atoms with E-state index in [1.807, 2.05) is 0 Å². The molecule has 4 amide bonds. The van der Waals surface area contributed by atoms with Crippen molar-refractivity contribution < 1.29 is 28.3 Å². The Kier molecular flexibility index (Phi) is 7.20. The van der Waals surface area contributed by atoms with Gasteiger partial charge in [-0.15, -0.1) is 0 Å². The summed E-state index contributed by atoms with van der Waals surface area (Å²) in [7, 11) is 1.47. The van der Waals surface area contributed by atoms with E-state index < -0.39 is 23.6 Å². The van der Waals surface area contributed by atoms with Crippen molar-refractivity contribution in [2.24, 2.45) is 5.92 Å². The molecule has 38 heavy (non-hydrogen) atoms. The van der Waals surface area contributed by atoms with Crippen molar-refractivity contribution in [1.82, 2.24) is 25.8 Å². The lowest BCUT2D eigenvalue weighted by molar-refractivity contribution is -0.135. The number of rotatable bonds is 6. The van der Waals surface area contributed by atoms with Crippen LogP contribution < -0.4 is 16.0 Å². The van der Waals surface area contributed by atoms with Gasteiger partial charge in [-0.3, -0.25) is 14.5 Å². The Morgan fingerprint density at radius 3 is 2.61 bits per heavy atom. The molecule has 3 fully saturated rings. The molecule has 2 aliphatic heterocycles. The number of nitrogens with one attached hydrogen (secondary N) is 3. The van der Waals surface area contributed by atoms with E-state index in [1.54, 1.807) is 29.2 Å². The van der Waals surface area contributed by atoms with E-state index in [0.29, 0.717) is 25.0 Å². The number of amides is 4. The number of fused-ring (bicyclic) bond motifs is 2. The Bertz CT molecular complexity index is 1190. The van der Waals surface area contributed by atoms with Crippen LogP contribution in [0, 0.1) is 11.7 Å². The zero-order valence-corrected chi connectivity index (χ0v) is 21.3. The molecule has 2 aliphatic carbocycles. The molecule has 1 aromatic rings. The van der Waals surface area contributed by atoms with Gasteiger partial charge in [0, 0.05) is 25.6 Å². The molecular weight excluding hydrogens is 493 g/mol. The minimum Gasteiger partial charge on any atom is -0.436 e. The molecule has 3 N–H and O–H groups in total. The van der Waals surface area contributed by atoms with Crippen molar-refractivity contribution in [2.75, 3.05) is 33.2 Å². The summed E-state index contributed by atoms with van der Waals surface area (Å²) in [5.74, 6) is -1.24. The van der Waals surface area contributed by atoms with Crippen molar-refractivity contribution in [3.05, 3.63) is 59.1 Å². The lowest BCUT2D eigenvalue weighted by Gasteiger charge is -2.35. The largest absolute Gasteiger partial charge is 0.436 e. The molecule has 2 atom stereocenters. The number of Topliss-reactive ketones (excluding diaryl/α,β-unsaturated/α-hetero) is 1. The molecule has 1 spiro atoms. The minimum absolute atomic E-state index is 0.00676. The standard InChI is InChI=1S/C27H32FN5O5/c1-29-25(36)31-22-7-6-21-20(24(22)35)8-11-27(21)16-32(26(37)38-27)15-23(34)33(19-9-12-30-13-10-19)14-17-2-4-18(28)5-3-17/h2-7,19-20,30H,8-16H2,1H3,(H2,29,31,36)/t20?,27-/m0/s1. The third-order valence-corrected chi connectivity index (χ3v) is 7.87. The van der Waals surface area contributed by atoms with Crippen LogP contribution in [0.2, 0.25) is 0 Å². The van der Waals surface area contributed by atoms with E-state index in [-0.39, 0.29) is 42.3 Å². The summed E-state index contributed by atoms with van der Waals surface area (Å²) in [5.41, 5.74) is 0.749. The van der Waals surface area contributed by atoms with Gasteiger partial charge in [-0.2, -0.15) is 0 Å². The fourth-order valence-corrected chi connectivity index (χ4v) is 5.88. The van der Waals surface area contributed by atoms with Gasteiger partial charge in [0.05, 0.1) is 12.2 Å². The van der Waals surface area contributed by atoms with Gasteiger partial charge in [-0.05, 0) is 68.1 Å². The second-order valence-electron chi connectivity index (χ2n) is 10.2. The van der Waals surface area contributed by atoms with Crippen molar-refractivity contribution in [2.45, 2.75) is 43.9 Å². The number of hydrogen-bond donors (Lipinski definition) is 3. The number of ketones is 1. The molecule has 202 valence electrons. The number of hydrogen-bond acceptors (Lipinski definition) is 6. The van der Waals surface area contributed by atoms with E-state index >= 15 is 0 Å². The SMILES string of the molecule is CNC(=O)NC1=CC=C2C(CC[C@]23CN(CC(=O)N(Cc2ccc(F)cc2)C2CCNCC2)C(=O)O3)C1=O. The Hall–Kier alpha value is -3.73. The predicted molar refractivity (Wildman–Crippen MR) is 135 cm³/mol. The molecule has 0 aromatic heterocycles. The molecule has 11 heteroatoms. The molecule has 0 radical (unpaired) electrons. The number of nitrogens with zero attached hydrogens (tertiary/aromatic N) is 2. The molecular formula is C27H32FN5O5. The molecule has 1 unspecified atom stereocenters. The first-order chi connectivity index (χ1) is 18.3. The van der Waals surface area contributed by atoms with E-state index in [1.165, 1.54) is 24.1 Å². The number of carbonyl (C=O) groups excluding carboxylic acids is 4. The van der Waals surface area contributed by atoms with Gasteiger partial charge in [0.15, 0.2) is 11.4 Å². The fraction of sp³-hybridized carbons (Fsp3) is 0.481. The van der Waals surface area contributed by atoms with Crippen LogP contribution in [0.4, 0.5) is 14.0 Å². The number of benzene rings is 1. The van der Waals surface area contributed by atoms with E-state index in [0.717, 1.165) is 31.5 Å². The van der Waals surface area contributed by atoms with E-state index in [4.69, 9.17) is 4.74 Å². The highest BCUT2D eigenvalue weighted by atomic mass is 19.1. The number of piperidine rings is 1. The molecule has 1 saturated carbocycles. The summed E-state index contributed by atoms with van der Waals surface area (Å²) in [4.78, 5) is 54.4. The number of halogens is 1. The molecule has 1 aromatic carbocycles. The van der Waals surface area contributed by atoms with Crippen LogP contribution in [0.15, 0.2) is 47.7 Å². The summed E-state index contributed by atoms with van der Waals surface area (Å²) < 4.78 is 19.3. The summed E-state index contributed by atoms with van der Waals surface area (Å²) in [5, 5.41) is 8.27. The number of allylic oxidation sites excluding steroid dienone is 3. The van der Waals surface area contributed by atoms with E-state index in [2.05, 4.69) is 16.0 Å². The zero-order chi connectivity index (χ0) is 26.9. The van der Waals surface area contributed by atoms with Crippen molar-refractivity contribution in [1.29, 1.82) is 0 Å². The van der Waals surface area contributed by atoms with Crippen molar-refractivity contribution >= 4 is 23.8 Å². The molecule has 0 bridgehead atoms. The summed E-state index contributed by atoms with van der Waals surface area (Å²) in [6.45, 7) is 1.94. The number of urea groups is 1. The first-order valence-electron chi connectivity index (χ1n) is 13.0. The smallest absolute Gasteiger partial charge is 0.411 e. The Morgan fingerprint density at radius 1 is 1.16 bits per heavy atom. The number of carbonyl (C=O) groups is 4. The maximum atomic E-state index is 13.6. The lowest BCUT2D eigenvalue weighted by Crippen LogP contribution is -2.49. The van der Waals surface area contributed by atoms with Crippen LogP contribution >= 0.6 is 0 Å². The molecule has 2 saturated heterocycles. The van der Waals surface area contributed by atoms with Gasteiger partial charge in [0.25, 0.3) is 0 Å². The second kappa shape index (κ2) is 10.6. The van der Waals surface area contributed by atoms with Crippen LogP contribution in [-0.2, 0) is 20.9 Å². The monoisotopic (exact) mass is 525 g/mol. The van der Waals surface area contributed by atoms with Gasteiger partial charge in [-0.25, -0.2) is 14.0 Å². The molecule has 10 nitrogen and oxygen atoms in total. The average Bonchev–Trinajstić information content (AvgIpc) is 3.44. The highest BCUT2D eigenvalue weighted by Gasteiger charge is 2.56.